The van der Waals surface area contributed by atoms with Gasteiger partial charge in [0.1, 0.15) is 6.61 Å². The zero-order chi connectivity index (χ0) is 13.7. The second-order valence-corrected chi connectivity index (χ2v) is 4.84. The molecule has 0 radical (unpaired) electrons. The fraction of sp³-hybridized carbons (Fsp3) is 0.231. The van der Waals surface area contributed by atoms with Crippen LogP contribution in [0.1, 0.15) is 20.8 Å². The lowest BCUT2D eigenvalue weighted by molar-refractivity contribution is 0.0785. The summed E-state index contributed by atoms with van der Waals surface area (Å²) in [5.41, 5.74) is 1.56. The maximum atomic E-state index is 12.0. The molecule has 2 N–H and O–H groups in total. The monoisotopic (exact) mass is 275 g/mol. The third kappa shape index (κ3) is 3.44. The van der Waals surface area contributed by atoms with Gasteiger partial charge in [0, 0.05) is 19.8 Å². The average Bonchev–Trinajstić information content (AvgIpc) is 3.06. The molecule has 0 saturated heterocycles. The Hall–Kier alpha value is -2.10. The number of carbonyl (C=O) groups is 1. The van der Waals surface area contributed by atoms with Crippen molar-refractivity contribution < 1.29 is 9.90 Å². The van der Waals surface area contributed by atoms with E-state index < -0.39 is 0 Å². The normalized spacial score (nSPS) is 9.79. The number of hydrogen-bond donors (Lipinski definition) is 2. The number of nitrogens with one attached hydrogen (secondary N) is 1. The van der Waals surface area contributed by atoms with Crippen molar-refractivity contribution in [2.45, 2.75) is 6.54 Å². The van der Waals surface area contributed by atoms with E-state index >= 15 is 0 Å². The van der Waals surface area contributed by atoms with Crippen molar-refractivity contribution in [2.75, 3.05) is 13.7 Å². The van der Waals surface area contributed by atoms with Crippen molar-refractivity contribution in [1.82, 2.24) is 15.1 Å². The lowest BCUT2D eigenvalue weighted by Gasteiger charge is -2.14. The molecule has 6 heteroatoms. The van der Waals surface area contributed by atoms with Crippen LogP contribution >= 0.6 is 11.3 Å². The molecule has 0 fully saturated rings. The van der Waals surface area contributed by atoms with Crippen LogP contribution in [0.15, 0.2) is 23.8 Å². The largest absolute Gasteiger partial charge is 0.384 e. The lowest BCUT2D eigenvalue weighted by atomic mass is 10.2. The zero-order valence-electron chi connectivity index (χ0n) is 10.4. The van der Waals surface area contributed by atoms with Crippen molar-refractivity contribution in [3.05, 3.63) is 39.8 Å². The van der Waals surface area contributed by atoms with Gasteiger partial charge in [0.05, 0.1) is 16.6 Å². The molecule has 2 rings (SSSR count). The van der Waals surface area contributed by atoms with Gasteiger partial charge < -0.3 is 10.0 Å². The van der Waals surface area contributed by atoms with Gasteiger partial charge in [0.15, 0.2) is 0 Å². The molecule has 0 aliphatic rings. The van der Waals surface area contributed by atoms with E-state index in [1.807, 2.05) is 11.4 Å². The Balaban J connectivity index is 2.01. The first kappa shape index (κ1) is 13.3. The van der Waals surface area contributed by atoms with Gasteiger partial charge in [-0.3, -0.25) is 9.89 Å². The number of hydrogen-bond acceptors (Lipinski definition) is 4. The van der Waals surface area contributed by atoms with Crippen LogP contribution in [0.3, 0.4) is 0 Å². The van der Waals surface area contributed by atoms with E-state index in [1.165, 1.54) is 17.5 Å². The topological polar surface area (TPSA) is 69.2 Å². The molecule has 0 unspecified atom stereocenters. The maximum Gasteiger partial charge on any atom is 0.257 e. The molecule has 0 aliphatic carbocycles. The Morgan fingerprint density at radius 1 is 1.63 bits per heavy atom. The first-order valence-electron chi connectivity index (χ1n) is 5.62. The summed E-state index contributed by atoms with van der Waals surface area (Å²) in [6, 6.07) is 1.92. The first-order chi connectivity index (χ1) is 9.20. The summed E-state index contributed by atoms with van der Waals surface area (Å²) in [5.74, 6) is 5.36. The third-order valence-corrected chi connectivity index (χ3v) is 3.35. The summed E-state index contributed by atoms with van der Waals surface area (Å²) in [6.45, 7) is 0.368. The molecular formula is C13H13N3O2S. The van der Waals surface area contributed by atoms with E-state index in [9.17, 15) is 4.79 Å². The van der Waals surface area contributed by atoms with Crippen LogP contribution in [0.2, 0.25) is 0 Å². The van der Waals surface area contributed by atoms with E-state index in [0.717, 1.165) is 10.4 Å². The van der Waals surface area contributed by atoms with Crippen LogP contribution in [-0.4, -0.2) is 39.8 Å². The molecule has 2 aromatic rings. The second kappa shape index (κ2) is 6.18. The van der Waals surface area contributed by atoms with E-state index in [2.05, 4.69) is 22.0 Å². The fourth-order valence-electron chi connectivity index (χ4n) is 1.58. The zero-order valence-corrected chi connectivity index (χ0v) is 11.2. The summed E-state index contributed by atoms with van der Waals surface area (Å²) in [5, 5.41) is 17.0. The van der Waals surface area contributed by atoms with Gasteiger partial charge in [-0.05, 0) is 17.0 Å². The number of aromatic nitrogens is 2. The quantitative estimate of drug-likeness (QED) is 0.824. The predicted octanol–water partition coefficient (Wildman–Crippen LogP) is 1.09. The van der Waals surface area contributed by atoms with Crippen LogP contribution in [0, 0.1) is 11.8 Å². The Bertz CT molecular complexity index is 607. The van der Waals surface area contributed by atoms with Crippen molar-refractivity contribution >= 4 is 17.2 Å². The standard InChI is InChI=1S/C13H13N3O2S/c1-16(13(18)11-6-14-15-7-11)8-10-5-12(19-9-10)3-2-4-17/h5-7,9,17H,4,8H2,1H3,(H,14,15). The van der Waals surface area contributed by atoms with E-state index in [1.54, 1.807) is 18.1 Å². The number of amides is 1. The van der Waals surface area contributed by atoms with Crippen LogP contribution in [0.4, 0.5) is 0 Å². The molecule has 0 aromatic carbocycles. The average molecular weight is 275 g/mol. The van der Waals surface area contributed by atoms with E-state index in [4.69, 9.17) is 5.11 Å². The van der Waals surface area contributed by atoms with E-state index in [-0.39, 0.29) is 12.5 Å². The van der Waals surface area contributed by atoms with Gasteiger partial charge >= 0.3 is 0 Å². The van der Waals surface area contributed by atoms with Gasteiger partial charge in [-0.1, -0.05) is 11.8 Å². The predicted molar refractivity (Wildman–Crippen MR) is 72.7 cm³/mol. The minimum atomic E-state index is -0.147. The molecule has 2 heterocycles. The molecule has 19 heavy (non-hydrogen) atoms. The van der Waals surface area contributed by atoms with Crippen LogP contribution in [0.25, 0.3) is 0 Å². The number of thiophene rings is 1. The van der Waals surface area contributed by atoms with Crippen LogP contribution in [0.5, 0.6) is 0 Å². The molecule has 0 atom stereocenters. The highest BCUT2D eigenvalue weighted by Crippen LogP contribution is 2.15. The van der Waals surface area contributed by atoms with Crippen LogP contribution < -0.4 is 0 Å². The number of carbonyl (C=O) groups excluding carboxylic acids is 1. The molecule has 0 aliphatic heterocycles. The smallest absolute Gasteiger partial charge is 0.257 e. The molecule has 2 aromatic heterocycles. The Labute approximate surface area is 114 Å². The summed E-state index contributed by atoms with van der Waals surface area (Å²) in [7, 11) is 1.74. The van der Waals surface area contributed by atoms with Crippen molar-refractivity contribution in [3.8, 4) is 11.8 Å². The Kier molecular flexibility index (Phi) is 4.34. The van der Waals surface area contributed by atoms with Crippen LogP contribution in [-0.2, 0) is 6.54 Å². The Morgan fingerprint density at radius 2 is 2.47 bits per heavy atom. The highest BCUT2D eigenvalue weighted by atomic mass is 32.1. The van der Waals surface area contributed by atoms with Crippen molar-refractivity contribution in [1.29, 1.82) is 0 Å². The third-order valence-electron chi connectivity index (χ3n) is 2.46. The summed E-state index contributed by atoms with van der Waals surface area (Å²) in [6.07, 6.45) is 3.08. The SMILES string of the molecule is CN(Cc1csc(C#CCO)c1)C(=O)c1cn[nH]c1. The minimum absolute atomic E-state index is 0.0806. The first-order valence-corrected chi connectivity index (χ1v) is 6.50. The van der Waals surface area contributed by atoms with E-state index in [0.29, 0.717) is 12.1 Å². The highest BCUT2D eigenvalue weighted by Gasteiger charge is 2.13. The number of H-pyrrole nitrogens is 1. The van der Waals surface area contributed by atoms with Gasteiger partial charge in [0.2, 0.25) is 0 Å². The number of aliphatic hydroxyl groups is 1. The highest BCUT2D eigenvalue weighted by molar-refractivity contribution is 7.10. The summed E-state index contributed by atoms with van der Waals surface area (Å²) < 4.78 is 0. The van der Waals surface area contributed by atoms with Gasteiger partial charge in [-0.25, -0.2) is 0 Å². The molecule has 5 nitrogen and oxygen atoms in total. The van der Waals surface area contributed by atoms with Gasteiger partial charge in [-0.15, -0.1) is 11.3 Å². The summed E-state index contributed by atoms with van der Waals surface area (Å²) in [4.78, 5) is 14.5. The second-order valence-electron chi connectivity index (χ2n) is 3.93. The molecule has 0 bridgehead atoms. The van der Waals surface area contributed by atoms with Gasteiger partial charge in [0.25, 0.3) is 5.91 Å². The molecular weight excluding hydrogens is 262 g/mol. The maximum absolute atomic E-state index is 12.0. The number of rotatable bonds is 3. The number of aromatic amines is 1. The fourth-order valence-corrected chi connectivity index (χ4v) is 2.36. The summed E-state index contributed by atoms with van der Waals surface area (Å²) >= 11 is 1.50. The van der Waals surface area contributed by atoms with Crippen molar-refractivity contribution in [2.24, 2.45) is 0 Å². The molecule has 0 saturated carbocycles. The molecule has 1 amide bonds. The Morgan fingerprint density at radius 3 is 3.16 bits per heavy atom. The molecule has 98 valence electrons. The van der Waals surface area contributed by atoms with Crippen molar-refractivity contribution in [3.63, 3.8) is 0 Å². The molecule has 0 spiro atoms. The van der Waals surface area contributed by atoms with Gasteiger partial charge in [-0.2, -0.15) is 5.10 Å². The number of nitrogens with zero attached hydrogens (tertiary/aromatic N) is 2. The lowest BCUT2D eigenvalue weighted by Crippen LogP contribution is -2.25. The minimum Gasteiger partial charge on any atom is -0.384 e. The number of aliphatic hydroxyl groups excluding tert-OH is 1.